The molecule has 1 saturated carbocycles. The smallest absolute Gasteiger partial charge is 0.0558 e. The molecule has 0 saturated heterocycles. The minimum atomic E-state index is 0.277. The highest BCUT2D eigenvalue weighted by molar-refractivity contribution is 4.78. The van der Waals surface area contributed by atoms with Crippen LogP contribution >= 0.6 is 0 Å². The van der Waals surface area contributed by atoms with Crippen molar-refractivity contribution in [3.05, 3.63) is 0 Å². The van der Waals surface area contributed by atoms with Gasteiger partial charge in [-0.25, -0.2) is 0 Å². The zero-order valence-electron chi connectivity index (χ0n) is 9.28. The molecular formula is C11H24N2O. The number of nitrogens with zero attached hydrogens (tertiary/aromatic N) is 1. The number of aliphatic hydroxyl groups excluding tert-OH is 1. The second-order valence-electron chi connectivity index (χ2n) is 4.46. The zero-order chi connectivity index (χ0) is 10.4. The fraction of sp³-hybridized carbons (Fsp3) is 1.00. The Hall–Kier alpha value is -0.120. The Bertz CT molecular complexity index is 144. The number of likely N-dealkylation sites (N-methyl/N-ethyl adjacent to an activating group) is 1. The van der Waals surface area contributed by atoms with Gasteiger partial charge < -0.3 is 15.7 Å². The minimum Gasteiger partial charge on any atom is -0.395 e. The molecule has 0 unspecified atom stereocenters. The third-order valence-corrected chi connectivity index (χ3v) is 3.47. The quantitative estimate of drug-likeness (QED) is 0.691. The lowest BCUT2D eigenvalue weighted by atomic mass is 9.83. The lowest BCUT2D eigenvalue weighted by molar-refractivity contribution is 0.134. The second kappa shape index (κ2) is 6.38. The molecule has 0 aromatic rings. The van der Waals surface area contributed by atoms with Gasteiger partial charge in [-0.15, -0.1) is 0 Å². The van der Waals surface area contributed by atoms with Crippen molar-refractivity contribution < 1.29 is 5.11 Å². The molecule has 0 heterocycles. The van der Waals surface area contributed by atoms with Gasteiger partial charge in [0.1, 0.15) is 0 Å². The molecule has 0 bridgehead atoms. The van der Waals surface area contributed by atoms with E-state index in [9.17, 15) is 0 Å². The Morgan fingerprint density at radius 1 is 1.29 bits per heavy atom. The maximum Gasteiger partial charge on any atom is 0.0558 e. The molecule has 1 rings (SSSR count). The van der Waals surface area contributed by atoms with E-state index in [1.54, 1.807) is 0 Å². The Morgan fingerprint density at radius 2 is 1.93 bits per heavy atom. The van der Waals surface area contributed by atoms with Crippen LogP contribution in [0.5, 0.6) is 0 Å². The molecule has 3 heteroatoms. The summed E-state index contributed by atoms with van der Waals surface area (Å²) in [7, 11) is 2.12. The third-order valence-electron chi connectivity index (χ3n) is 3.47. The van der Waals surface area contributed by atoms with Crippen LogP contribution in [0.25, 0.3) is 0 Å². The lowest BCUT2D eigenvalue weighted by Crippen LogP contribution is -2.37. The SMILES string of the molecule is CN(CCO)C1CCC(CCN)CC1. The minimum absolute atomic E-state index is 0.277. The Morgan fingerprint density at radius 3 is 2.43 bits per heavy atom. The summed E-state index contributed by atoms with van der Waals surface area (Å²) in [5.74, 6) is 0.860. The molecule has 0 amide bonds. The number of hydrogen-bond donors (Lipinski definition) is 2. The first-order chi connectivity index (χ1) is 6.77. The number of aliphatic hydroxyl groups is 1. The second-order valence-corrected chi connectivity index (χ2v) is 4.46. The summed E-state index contributed by atoms with van der Waals surface area (Å²) in [6.07, 6.45) is 6.38. The first-order valence-electron chi connectivity index (χ1n) is 5.79. The summed E-state index contributed by atoms with van der Waals surface area (Å²) in [5, 5.41) is 8.85. The van der Waals surface area contributed by atoms with Crippen LogP contribution in [0.4, 0.5) is 0 Å². The summed E-state index contributed by atoms with van der Waals surface area (Å²) < 4.78 is 0. The highest BCUT2D eigenvalue weighted by atomic mass is 16.3. The van der Waals surface area contributed by atoms with Crippen molar-refractivity contribution >= 4 is 0 Å². The van der Waals surface area contributed by atoms with Gasteiger partial charge >= 0.3 is 0 Å². The Labute approximate surface area is 87.3 Å². The van der Waals surface area contributed by atoms with E-state index in [2.05, 4.69) is 11.9 Å². The van der Waals surface area contributed by atoms with Crippen LogP contribution in [0, 0.1) is 5.92 Å². The van der Waals surface area contributed by atoms with E-state index >= 15 is 0 Å². The largest absolute Gasteiger partial charge is 0.395 e. The summed E-state index contributed by atoms with van der Waals surface area (Å²) >= 11 is 0. The summed E-state index contributed by atoms with van der Waals surface area (Å²) in [4.78, 5) is 2.29. The first-order valence-corrected chi connectivity index (χ1v) is 5.79. The Balaban J connectivity index is 2.21. The molecule has 0 aromatic heterocycles. The number of rotatable bonds is 5. The molecule has 14 heavy (non-hydrogen) atoms. The summed E-state index contributed by atoms with van der Waals surface area (Å²) in [6, 6.07) is 0.691. The van der Waals surface area contributed by atoms with Gasteiger partial charge in [-0.2, -0.15) is 0 Å². The van der Waals surface area contributed by atoms with Crippen molar-refractivity contribution in [1.29, 1.82) is 0 Å². The summed E-state index contributed by atoms with van der Waals surface area (Å²) in [5.41, 5.74) is 5.56. The van der Waals surface area contributed by atoms with Crippen molar-refractivity contribution in [3.63, 3.8) is 0 Å². The van der Waals surface area contributed by atoms with Gasteiger partial charge in [-0.3, -0.25) is 0 Å². The molecule has 1 aliphatic rings. The van der Waals surface area contributed by atoms with E-state index in [1.807, 2.05) is 0 Å². The monoisotopic (exact) mass is 200 g/mol. The predicted octanol–water partition coefficient (Wildman–Crippen LogP) is 0.818. The highest BCUT2D eigenvalue weighted by Crippen LogP contribution is 2.28. The lowest BCUT2D eigenvalue weighted by Gasteiger charge is -2.34. The maximum absolute atomic E-state index is 8.85. The van der Waals surface area contributed by atoms with E-state index in [0.29, 0.717) is 6.04 Å². The highest BCUT2D eigenvalue weighted by Gasteiger charge is 2.22. The average molecular weight is 200 g/mol. The van der Waals surface area contributed by atoms with Gasteiger partial charge in [-0.05, 0) is 51.6 Å². The first kappa shape index (κ1) is 12.0. The van der Waals surface area contributed by atoms with Gasteiger partial charge in [0, 0.05) is 12.6 Å². The number of nitrogens with two attached hydrogens (primary N) is 1. The molecule has 3 nitrogen and oxygen atoms in total. The molecule has 0 aliphatic heterocycles. The van der Waals surface area contributed by atoms with Crippen LogP contribution < -0.4 is 5.73 Å². The normalized spacial score (nSPS) is 28.3. The van der Waals surface area contributed by atoms with Gasteiger partial charge in [0.25, 0.3) is 0 Å². The standard InChI is InChI=1S/C11H24N2O/c1-13(8-9-14)11-4-2-10(3-5-11)6-7-12/h10-11,14H,2-9,12H2,1H3. The van der Waals surface area contributed by atoms with Crippen molar-refractivity contribution in [3.8, 4) is 0 Å². The molecule has 0 spiro atoms. The van der Waals surface area contributed by atoms with E-state index in [1.165, 1.54) is 32.1 Å². The molecule has 0 atom stereocenters. The topological polar surface area (TPSA) is 49.5 Å². The molecule has 1 aliphatic carbocycles. The van der Waals surface area contributed by atoms with Crippen LogP contribution in [-0.4, -0.2) is 42.8 Å². The van der Waals surface area contributed by atoms with E-state index < -0.39 is 0 Å². The summed E-state index contributed by atoms with van der Waals surface area (Å²) in [6.45, 7) is 1.92. The van der Waals surface area contributed by atoms with Crippen LogP contribution in [0.1, 0.15) is 32.1 Å². The molecule has 3 N–H and O–H groups in total. The van der Waals surface area contributed by atoms with Crippen LogP contribution in [-0.2, 0) is 0 Å². The maximum atomic E-state index is 8.85. The van der Waals surface area contributed by atoms with Crippen LogP contribution in [0.3, 0.4) is 0 Å². The van der Waals surface area contributed by atoms with E-state index in [4.69, 9.17) is 10.8 Å². The van der Waals surface area contributed by atoms with E-state index in [-0.39, 0.29) is 6.61 Å². The molecule has 1 fully saturated rings. The predicted molar refractivity (Wildman–Crippen MR) is 59.1 cm³/mol. The van der Waals surface area contributed by atoms with Gasteiger partial charge in [-0.1, -0.05) is 0 Å². The fourth-order valence-corrected chi connectivity index (χ4v) is 2.45. The van der Waals surface area contributed by atoms with Crippen molar-refractivity contribution in [2.45, 2.75) is 38.1 Å². The molecular weight excluding hydrogens is 176 g/mol. The van der Waals surface area contributed by atoms with Crippen molar-refractivity contribution in [1.82, 2.24) is 4.90 Å². The van der Waals surface area contributed by atoms with Crippen molar-refractivity contribution in [2.24, 2.45) is 11.7 Å². The van der Waals surface area contributed by atoms with Gasteiger partial charge in [0.2, 0.25) is 0 Å². The van der Waals surface area contributed by atoms with Crippen LogP contribution in [0.2, 0.25) is 0 Å². The third kappa shape index (κ3) is 3.56. The molecule has 0 radical (unpaired) electrons. The van der Waals surface area contributed by atoms with Crippen molar-refractivity contribution in [2.75, 3.05) is 26.7 Å². The fourth-order valence-electron chi connectivity index (χ4n) is 2.45. The van der Waals surface area contributed by atoms with Gasteiger partial charge in [0.15, 0.2) is 0 Å². The average Bonchev–Trinajstić information content (AvgIpc) is 2.20. The van der Waals surface area contributed by atoms with Gasteiger partial charge in [0.05, 0.1) is 6.61 Å². The Kier molecular flexibility index (Phi) is 5.45. The molecule has 84 valence electrons. The zero-order valence-corrected chi connectivity index (χ0v) is 9.28. The van der Waals surface area contributed by atoms with E-state index in [0.717, 1.165) is 19.0 Å². The van der Waals surface area contributed by atoms with Crippen LogP contribution in [0.15, 0.2) is 0 Å². The molecule has 0 aromatic carbocycles. The number of hydrogen-bond acceptors (Lipinski definition) is 3.